The normalized spacial score (nSPS) is 12.3. The molecule has 0 bridgehead atoms. The molecule has 3 aromatic rings. The van der Waals surface area contributed by atoms with E-state index >= 15 is 0 Å². The summed E-state index contributed by atoms with van der Waals surface area (Å²) in [5.74, 6) is 0.639. The molecule has 1 unspecified atom stereocenters. The molecule has 3 rings (SSSR count). The lowest BCUT2D eigenvalue weighted by atomic mass is 10.0. The number of aliphatic hydroxyl groups is 1. The van der Waals surface area contributed by atoms with Gasteiger partial charge < -0.3 is 9.84 Å². The second kappa shape index (κ2) is 6.12. The van der Waals surface area contributed by atoms with E-state index < -0.39 is 6.10 Å². The first-order chi connectivity index (χ1) is 10.2. The Morgan fingerprint density at radius 2 is 2.00 bits per heavy atom. The van der Waals surface area contributed by atoms with Crippen LogP contribution in [-0.2, 0) is 0 Å². The van der Waals surface area contributed by atoms with E-state index in [9.17, 15) is 5.11 Å². The minimum Gasteiger partial charge on any atom is -0.490 e. The van der Waals surface area contributed by atoms with Gasteiger partial charge in [0, 0.05) is 22.8 Å². The zero-order valence-corrected chi connectivity index (χ0v) is 12.0. The third-order valence-electron chi connectivity index (χ3n) is 3.28. The first-order valence-electron chi connectivity index (χ1n) is 6.63. The summed E-state index contributed by atoms with van der Waals surface area (Å²) in [5, 5.41) is 12.9. The average Bonchev–Trinajstić information content (AvgIpc) is 2.52. The van der Waals surface area contributed by atoms with E-state index in [1.807, 2.05) is 36.4 Å². The summed E-state index contributed by atoms with van der Waals surface area (Å²) in [7, 11) is 0. The maximum Gasteiger partial charge on any atom is 0.120 e. The molecule has 0 fully saturated rings. The Morgan fingerprint density at radius 3 is 2.86 bits per heavy atom. The number of halogens is 1. The van der Waals surface area contributed by atoms with Crippen molar-refractivity contribution in [3.05, 3.63) is 71.5 Å². The van der Waals surface area contributed by atoms with E-state index in [2.05, 4.69) is 4.98 Å². The highest BCUT2D eigenvalue weighted by molar-refractivity contribution is 6.30. The Balaban J connectivity index is 1.79. The molecule has 3 nitrogen and oxygen atoms in total. The van der Waals surface area contributed by atoms with Gasteiger partial charge >= 0.3 is 0 Å². The topological polar surface area (TPSA) is 42.4 Å². The third-order valence-corrected chi connectivity index (χ3v) is 3.52. The molecule has 4 heteroatoms. The molecule has 0 aliphatic carbocycles. The Labute approximate surface area is 127 Å². The van der Waals surface area contributed by atoms with Crippen molar-refractivity contribution in [3.8, 4) is 5.75 Å². The zero-order chi connectivity index (χ0) is 14.7. The highest BCUT2D eigenvalue weighted by Crippen LogP contribution is 2.25. The van der Waals surface area contributed by atoms with Gasteiger partial charge in [0.2, 0.25) is 0 Å². The number of hydrogen-bond donors (Lipinski definition) is 1. The van der Waals surface area contributed by atoms with Crippen molar-refractivity contribution >= 4 is 22.4 Å². The van der Waals surface area contributed by atoms with Crippen LogP contribution in [0.15, 0.2) is 60.9 Å². The lowest BCUT2D eigenvalue weighted by Crippen LogP contribution is -2.10. The molecule has 0 saturated carbocycles. The van der Waals surface area contributed by atoms with Crippen molar-refractivity contribution in [1.29, 1.82) is 0 Å². The van der Waals surface area contributed by atoms with Crippen molar-refractivity contribution in [2.24, 2.45) is 0 Å². The lowest BCUT2D eigenvalue weighted by Gasteiger charge is -2.14. The number of nitrogens with zero attached hydrogens (tertiary/aromatic N) is 1. The predicted octanol–water partition coefficient (Wildman–Crippen LogP) is 4.00. The standard InChI is InChI=1S/C17H14ClNO2/c18-13-4-2-5-14(9-13)21-11-17(20)15-6-1-3-12-7-8-19-10-16(12)15/h1-10,17,20H,11H2. The van der Waals surface area contributed by atoms with Crippen molar-refractivity contribution in [2.75, 3.05) is 6.61 Å². The molecule has 0 spiro atoms. The Morgan fingerprint density at radius 1 is 1.14 bits per heavy atom. The van der Waals surface area contributed by atoms with E-state index in [0.29, 0.717) is 10.8 Å². The minimum absolute atomic E-state index is 0.161. The Kier molecular flexibility index (Phi) is 4.04. The van der Waals surface area contributed by atoms with Crippen LogP contribution in [0.4, 0.5) is 0 Å². The highest BCUT2D eigenvalue weighted by Gasteiger charge is 2.12. The maximum absolute atomic E-state index is 10.4. The first-order valence-corrected chi connectivity index (χ1v) is 7.01. The van der Waals surface area contributed by atoms with Crippen LogP contribution in [0.3, 0.4) is 0 Å². The molecular formula is C17H14ClNO2. The van der Waals surface area contributed by atoms with Crippen molar-refractivity contribution in [1.82, 2.24) is 4.98 Å². The van der Waals surface area contributed by atoms with Crippen molar-refractivity contribution in [3.63, 3.8) is 0 Å². The SMILES string of the molecule is OC(COc1cccc(Cl)c1)c1cccc2ccncc12. The number of hydrogen-bond acceptors (Lipinski definition) is 3. The summed E-state index contributed by atoms with van der Waals surface area (Å²) < 4.78 is 5.60. The smallest absolute Gasteiger partial charge is 0.120 e. The molecule has 0 aliphatic heterocycles. The molecule has 0 aliphatic rings. The molecule has 0 radical (unpaired) electrons. The van der Waals surface area contributed by atoms with Crippen molar-refractivity contribution < 1.29 is 9.84 Å². The number of pyridine rings is 1. The fourth-order valence-corrected chi connectivity index (χ4v) is 2.43. The zero-order valence-electron chi connectivity index (χ0n) is 11.2. The van der Waals surface area contributed by atoms with E-state index in [1.54, 1.807) is 24.5 Å². The first kappa shape index (κ1) is 13.9. The highest BCUT2D eigenvalue weighted by atomic mass is 35.5. The monoisotopic (exact) mass is 299 g/mol. The number of fused-ring (bicyclic) bond motifs is 1. The number of ether oxygens (including phenoxy) is 1. The maximum atomic E-state index is 10.4. The summed E-state index contributed by atoms with van der Waals surface area (Å²) in [6, 6.07) is 14.8. The van der Waals surface area contributed by atoms with Crippen LogP contribution in [0.25, 0.3) is 10.8 Å². The van der Waals surface area contributed by atoms with Gasteiger partial charge in [-0.15, -0.1) is 0 Å². The van der Waals surface area contributed by atoms with Crippen molar-refractivity contribution in [2.45, 2.75) is 6.10 Å². The number of rotatable bonds is 4. The van der Waals surface area contributed by atoms with E-state index in [0.717, 1.165) is 16.3 Å². The summed E-state index contributed by atoms with van der Waals surface area (Å²) in [5.41, 5.74) is 0.808. The van der Waals surface area contributed by atoms with E-state index in [4.69, 9.17) is 16.3 Å². The van der Waals surface area contributed by atoms with Gasteiger partial charge in [0.1, 0.15) is 18.5 Å². The van der Waals surface area contributed by atoms with Crippen LogP contribution in [0.1, 0.15) is 11.7 Å². The molecule has 0 saturated heterocycles. The molecular weight excluding hydrogens is 286 g/mol. The average molecular weight is 300 g/mol. The minimum atomic E-state index is -0.725. The summed E-state index contributed by atoms with van der Waals surface area (Å²) in [6.45, 7) is 0.161. The summed E-state index contributed by atoms with van der Waals surface area (Å²) in [6.07, 6.45) is 2.77. The van der Waals surface area contributed by atoms with Gasteiger partial charge in [-0.25, -0.2) is 0 Å². The van der Waals surface area contributed by atoms with Gasteiger partial charge in [0.25, 0.3) is 0 Å². The fourth-order valence-electron chi connectivity index (χ4n) is 2.25. The molecule has 0 amide bonds. The second-order valence-corrected chi connectivity index (χ2v) is 5.16. The largest absolute Gasteiger partial charge is 0.490 e. The molecule has 1 atom stereocenters. The van der Waals surface area contributed by atoms with Gasteiger partial charge in [0.15, 0.2) is 0 Å². The van der Waals surface area contributed by atoms with Gasteiger partial charge in [-0.1, -0.05) is 35.9 Å². The van der Waals surface area contributed by atoms with Crippen LogP contribution in [-0.4, -0.2) is 16.7 Å². The number of aromatic nitrogens is 1. The van der Waals surface area contributed by atoms with Crippen LogP contribution < -0.4 is 4.74 Å². The fraction of sp³-hybridized carbons (Fsp3) is 0.118. The number of benzene rings is 2. The van der Waals surface area contributed by atoms with Crippen LogP contribution in [0, 0.1) is 0 Å². The second-order valence-electron chi connectivity index (χ2n) is 4.73. The van der Waals surface area contributed by atoms with Crippen LogP contribution in [0.5, 0.6) is 5.75 Å². The Bertz CT molecular complexity index is 755. The molecule has 106 valence electrons. The van der Waals surface area contributed by atoms with Crippen LogP contribution >= 0.6 is 11.6 Å². The lowest BCUT2D eigenvalue weighted by molar-refractivity contribution is 0.109. The molecule has 21 heavy (non-hydrogen) atoms. The van der Waals surface area contributed by atoms with Gasteiger partial charge in [-0.3, -0.25) is 4.98 Å². The molecule has 1 N–H and O–H groups in total. The molecule has 1 aromatic heterocycles. The summed E-state index contributed by atoms with van der Waals surface area (Å²) in [4.78, 5) is 4.12. The predicted molar refractivity (Wildman–Crippen MR) is 83.6 cm³/mol. The molecule has 2 aromatic carbocycles. The third kappa shape index (κ3) is 3.15. The van der Waals surface area contributed by atoms with Gasteiger partial charge in [0.05, 0.1) is 0 Å². The van der Waals surface area contributed by atoms with Gasteiger partial charge in [-0.05, 0) is 35.2 Å². The quantitative estimate of drug-likeness (QED) is 0.792. The van der Waals surface area contributed by atoms with Crippen LogP contribution in [0.2, 0.25) is 5.02 Å². The van der Waals surface area contributed by atoms with Gasteiger partial charge in [-0.2, -0.15) is 0 Å². The Hall–Kier alpha value is -2.10. The van der Waals surface area contributed by atoms with E-state index in [-0.39, 0.29) is 6.61 Å². The molecule has 1 heterocycles. The van der Waals surface area contributed by atoms with E-state index in [1.165, 1.54) is 0 Å². The summed E-state index contributed by atoms with van der Waals surface area (Å²) >= 11 is 5.90. The number of aliphatic hydroxyl groups excluding tert-OH is 1.